The van der Waals surface area contributed by atoms with Crippen LogP contribution < -0.4 is 0 Å². The van der Waals surface area contributed by atoms with Crippen molar-refractivity contribution in [1.29, 1.82) is 0 Å². The lowest BCUT2D eigenvalue weighted by atomic mass is 9.73. The number of esters is 1. The number of ether oxygens (including phenoxy) is 1. The number of carbonyl (C=O) groups is 1. The highest BCUT2D eigenvalue weighted by atomic mass is 16.5. The average Bonchev–Trinajstić information content (AvgIpc) is 2.40. The van der Waals surface area contributed by atoms with Gasteiger partial charge in [-0.25, -0.2) is 4.79 Å². The Bertz CT molecular complexity index is 405. The standard InChI is InChI=1S/C18H30O3/c1-5-7-8-9-10-14-11-15(12-16(19)21-6-2)17(20)18(3,4)13-14/h12-13,17,20H,5-11H2,1-4H3/b15-12-. The monoisotopic (exact) mass is 294 g/mol. The van der Waals surface area contributed by atoms with E-state index in [1.807, 2.05) is 13.8 Å². The molecule has 3 heteroatoms. The number of unbranched alkanes of at least 4 members (excludes halogenated alkanes) is 3. The van der Waals surface area contributed by atoms with Crippen molar-refractivity contribution < 1.29 is 14.6 Å². The molecule has 120 valence electrons. The number of hydrogen-bond acceptors (Lipinski definition) is 3. The van der Waals surface area contributed by atoms with E-state index in [1.54, 1.807) is 6.92 Å². The normalized spacial score (nSPS) is 23.0. The Balaban J connectivity index is 2.76. The van der Waals surface area contributed by atoms with Gasteiger partial charge in [-0.15, -0.1) is 0 Å². The molecule has 1 aliphatic carbocycles. The molecule has 1 rings (SSSR count). The maximum absolute atomic E-state index is 11.6. The summed E-state index contributed by atoms with van der Waals surface area (Å²) >= 11 is 0. The highest BCUT2D eigenvalue weighted by Crippen LogP contribution is 2.38. The fraction of sp³-hybridized carbons (Fsp3) is 0.722. The minimum atomic E-state index is -0.610. The average molecular weight is 294 g/mol. The Kier molecular flexibility index (Phi) is 7.16. The Morgan fingerprint density at radius 3 is 2.71 bits per heavy atom. The summed E-state index contributed by atoms with van der Waals surface area (Å²) in [6, 6.07) is 0. The Morgan fingerprint density at radius 2 is 2.10 bits per heavy atom. The molecule has 1 N–H and O–H groups in total. The van der Waals surface area contributed by atoms with Crippen molar-refractivity contribution >= 4 is 5.97 Å². The van der Waals surface area contributed by atoms with Crippen LogP contribution in [0.25, 0.3) is 0 Å². The van der Waals surface area contributed by atoms with Gasteiger partial charge in [-0.2, -0.15) is 0 Å². The molecule has 21 heavy (non-hydrogen) atoms. The quantitative estimate of drug-likeness (QED) is 0.332. The van der Waals surface area contributed by atoms with Crippen molar-refractivity contribution in [2.45, 2.75) is 72.3 Å². The molecule has 1 atom stereocenters. The van der Waals surface area contributed by atoms with Crippen molar-refractivity contribution in [2.75, 3.05) is 6.61 Å². The molecule has 0 aromatic rings. The summed E-state index contributed by atoms with van der Waals surface area (Å²) in [4.78, 5) is 11.6. The predicted octanol–water partition coefficient (Wildman–Crippen LogP) is 4.16. The van der Waals surface area contributed by atoms with Crippen LogP contribution in [0.3, 0.4) is 0 Å². The lowest BCUT2D eigenvalue weighted by Crippen LogP contribution is -2.33. The molecular weight excluding hydrogens is 264 g/mol. The molecule has 0 saturated carbocycles. The first-order chi connectivity index (χ1) is 9.90. The van der Waals surface area contributed by atoms with Gasteiger partial charge < -0.3 is 9.84 Å². The maximum Gasteiger partial charge on any atom is 0.330 e. The number of aliphatic hydroxyl groups excluding tert-OH is 1. The van der Waals surface area contributed by atoms with Crippen LogP contribution in [0.2, 0.25) is 0 Å². The summed E-state index contributed by atoms with van der Waals surface area (Å²) in [6.45, 7) is 8.39. The molecule has 3 nitrogen and oxygen atoms in total. The smallest absolute Gasteiger partial charge is 0.330 e. The van der Waals surface area contributed by atoms with Gasteiger partial charge in [-0.3, -0.25) is 0 Å². The molecule has 0 aromatic carbocycles. The molecule has 0 aliphatic heterocycles. The van der Waals surface area contributed by atoms with Crippen molar-refractivity contribution in [3.8, 4) is 0 Å². The van der Waals surface area contributed by atoms with E-state index < -0.39 is 6.10 Å². The van der Waals surface area contributed by atoms with Gasteiger partial charge in [-0.1, -0.05) is 51.7 Å². The van der Waals surface area contributed by atoms with Gasteiger partial charge in [0.25, 0.3) is 0 Å². The van der Waals surface area contributed by atoms with E-state index in [0.29, 0.717) is 13.0 Å². The van der Waals surface area contributed by atoms with Gasteiger partial charge in [0.2, 0.25) is 0 Å². The van der Waals surface area contributed by atoms with Crippen molar-refractivity contribution in [3.63, 3.8) is 0 Å². The molecule has 0 amide bonds. The first kappa shape index (κ1) is 18.0. The van der Waals surface area contributed by atoms with Gasteiger partial charge in [0.15, 0.2) is 0 Å². The third-order valence-corrected chi connectivity index (χ3v) is 4.00. The van der Waals surface area contributed by atoms with Crippen LogP contribution in [0.15, 0.2) is 23.3 Å². The molecule has 0 fully saturated rings. The largest absolute Gasteiger partial charge is 0.463 e. The van der Waals surface area contributed by atoms with E-state index in [0.717, 1.165) is 12.0 Å². The summed E-state index contributed by atoms with van der Waals surface area (Å²) in [5, 5.41) is 10.4. The topological polar surface area (TPSA) is 46.5 Å². The second kappa shape index (κ2) is 8.38. The summed E-state index contributed by atoms with van der Waals surface area (Å²) in [6.07, 6.45) is 9.72. The molecule has 1 unspecified atom stereocenters. The minimum absolute atomic E-state index is 0.323. The van der Waals surface area contributed by atoms with Crippen LogP contribution in [-0.2, 0) is 9.53 Å². The minimum Gasteiger partial charge on any atom is -0.463 e. The van der Waals surface area contributed by atoms with Crippen LogP contribution in [-0.4, -0.2) is 23.8 Å². The Morgan fingerprint density at radius 1 is 1.38 bits per heavy atom. The van der Waals surface area contributed by atoms with Gasteiger partial charge in [0.05, 0.1) is 12.7 Å². The number of hydrogen-bond donors (Lipinski definition) is 1. The number of rotatable bonds is 7. The zero-order chi connectivity index (χ0) is 15.9. The number of aliphatic hydroxyl groups is 1. The summed E-state index contributed by atoms with van der Waals surface area (Å²) in [5.41, 5.74) is 1.79. The second-order valence-corrected chi connectivity index (χ2v) is 6.49. The van der Waals surface area contributed by atoms with E-state index in [9.17, 15) is 9.90 Å². The van der Waals surface area contributed by atoms with Crippen molar-refractivity contribution in [1.82, 2.24) is 0 Å². The molecular formula is C18H30O3. The van der Waals surface area contributed by atoms with Crippen LogP contribution in [0.5, 0.6) is 0 Å². The predicted molar refractivity (Wildman–Crippen MR) is 86.0 cm³/mol. The maximum atomic E-state index is 11.6. The van der Waals surface area contributed by atoms with Gasteiger partial charge in [0.1, 0.15) is 0 Å². The second-order valence-electron chi connectivity index (χ2n) is 6.49. The number of carbonyl (C=O) groups excluding carboxylic acids is 1. The molecule has 1 aliphatic rings. The fourth-order valence-electron chi connectivity index (χ4n) is 2.90. The fourth-order valence-corrected chi connectivity index (χ4v) is 2.90. The van der Waals surface area contributed by atoms with Crippen LogP contribution in [0.1, 0.15) is 66.2 Å². The van der Waals surface area contributed by atoms with Crippen molar-refractivity contribution in [2.24, 2.45) is 5.41 Å². The molecule has 0 saturated heterocycles. The third-order valence-electron chi connectivity index (χ3n) is 4.00. The van der Waals surface area contributed by atoms with Crippen molar-refractivity contribution in [3.05, 3.63) is 23.3 Å². The highest BCUT2D eigenvalue weighted by molar-refractivity contribution is 5.83. The van der Waals surface area contributed by atoms with Gasteiger partial charge >= 0.3 is 5.97 Å². The summed E-state index contributed by atoms with van der Waals surface area (Å²) < 4.78 is 4.96. The molecule has 0 bridgehead atoms. The highest BCUT2D eigenvalue weighted by Gasteiger charge is 2.33. The van der Waals surface area contributed by atoms with Gasteiger partial charge in [0, 0.05) is 11.5 Å². The lowest BCUT2D eigenvalue weighted by molar-refractivity contribution is -0.137. The van der Waals surface area contributed by atoms with E-state index in [-0.39, 0.29) is 11.4 Å². The zero-order valence-corrected chi connectivity index (χ0v) is 13.9. The molecule has 0 aromatic heterocycles. The Hall–Kier alpha value is -1.09. The van der Waals surface area contributed by atoms with Gasteiger partial charge in [-0.05, 0) is 31.8 Å². The van der Waals surface area contributed by atoms with E-state index in [2.05, 4.69) is 13.0 Å². The van der Waals surface area contributed by atoms with Crippen LogP contribution >= 0.6 is 0 Å². The summed E-state index contributed by atoms with van der Waals surface area (Å²) in [7, 11) is 0. The SMILES string of the molecule is CCCCCCC1=CC(C)(C)C(O)/C(=C\C(=O)OCC)C1. The first-order valence-corrected chi connectivity index (χ1v) is 8.16. The van der Waals surface area contributed by atoms with E-state index >= 15 is 0 Å². The molecule has 0 heterocycles. The number of allylic oxidation sites excluding steroid dienone is 1. The molecule has 0 radical (unpaired) electrons. The van der Waals surface area contributed by atoms with E-state index in [4.69, 9.17) is 4.74 Å². The van der Waals surface area contributed by atoms with E-state index in [1.165, 1.54) is 37.3 Å². The first-order valence-electron chi connectivity index (χ1n) is 8.16. The van der Waals surface area contributed by atoms with Crippen LogP contribution in [0, 0.1) is 5.41 Å². The zero-order valence-electron chi connectivity index (χ0n) is 13.9. The lowest BCUT2D eigenvalue weighted by Gasteiger charge is -2.35. The third kappa shape index (κ3) is 5.66. The Labute approximate surface area is 129 Å². The van der Waals surface area contributed by atoms with Crippen LogP contribution in [0.4, 0.5) is 0 Å². The summed E-state index contributed by atoms with van der Waals surface area (Å²) in [5.74, 6) is -0.352. The molecule has 0 spiro atoms.